The lowest BCUT2D eigenvalue weighted by Gasteiger charge is -2.19. The highest BCUT2D eigenvalue weighted by Gasteiger charge is 2.33. The third-order valence-electron chi connectivity index (χ3n) is 4.01. The molecule has 1 heterocycles. The molecule has 1 aromatic heterocycles. The molecule has 0 bridgehead atoms. The van der Waals surface area contributed by atoms with Crippen LogP contribution in [-0.2, 0) is 0 Å². The lowest BCUT2D eigenvalue weighted by atomic mass is 9.93. The Balaban J connectivity index is 2.36. The number of aromatic nitrogens is 2. The number of carbonyl (C=O) groups excluding carboxylic acids is 1. The molecular formula is C17H18F4N2O2. The molecule has 1 aromatic carbocycles. The van der Waals surface area contributed by atoms with Crippen molar-refractivity contribution in [3.8, 4) is 5.75 Å². The molecule has 0 amide bonds. The second-order valence-electron chi connectivity index (χ2n) is 5.79. The molecular weight excluding hydrogens is 340 g/mol. The Bertz CT molecular complexity index is 755. The Morgan fingerprint density at radius 2 is 2.00 bits per heavy atom. The fraction of sp³-hybridized carbons (Fsp3) is 0.412. The number of alkyl halides is 3. The van der Waals surface area contributed by atoms with Crippen LogP contribution in [0.15, 0.2) is 30.6 Å². The largest absolute Gasteiger partial charge is 0.573 e. The van der Waals surface area contributed by atoms with Gasteiger partial charge in [0.15, 0.2) is 11.6 Å². The Labute approximate surface area is 142 Å². The van der Waals surface area contributed by atoms with Crippen LogP contribution in [0.5, 0.6) is 5.75 Å². The third kappa shape index (κ3) is 4.58. The summed E-state index contributed by atoms with van der Waals surface area (Å²) in [5, 5.41) is 3.75. The summed E-state index contributed by atoms with van der Waals surface area (Å²) in [6.07, 6.45) is -2.17. The highest BCUT2D eigenvalue weighted by Crippen LogP contribution is 2.34. The molecule has 25 heavy (non-hydrogen) atoms. The van der Waals surface area contributed by atoms with Crippen molar-refractivity contribution in [3.05, 3.63) is 47.5 Å². The van der Waals surface area contributed by atoms with Gasteiger partial charge < -0.3 is 4.74 Å². The summed E-state index contributed by atoms with van der Waals surface area (Å²) in [6.45, 7) is 5.11. The molecule has 0 aliphatic heterocycles. The Morgan fingerprint density at radius 3 is 2.52 bits per heavy atom. The van der Waals surface area contributed by atoms with Crippen molar-refractivity contribution in [2.24, 2.45) is 0 Å². The number of halogens is 4. The second kappa shape index (κ2) is 7.25. The maximum atomic E-state index is 13.1. The van der Waals surface area contributed by atoms with Crippen molar-refractivity contribution in [1.82, 2.24) is 9.78 Å². The molecule has 8 heteroatoms. The monoisotopic (exact) mass is 358 g/mol. The van der Waals surface area contributed by atoms with Gasteiger partial charge in [-0.05, 0) is 43.0 Å². The van der Waals surface area contributed by atoms with Crippen LogP contribution in [-0.4, -0.2) is 21.9 Å². The predicted molar refractivity (Wildman–Crippen MR) is 83.1 cm³/mol. The highest BCUT2D eigenvalue weighted by atomic mass is 19.4. The summed E-state index contributed by atoms with van der Waals surface area (Å²) in [4.78, 5) is 12.6. The van der Waals surface area contributed by atoms with Crippen LogP contribution < -0.4 is 4.74 Å². The summed E-state index contributed by atoms with van der Waals surface area (Å²) < 4.78 is 56.0. The van der Waals surface area contributed by atoms with E-state index in [2.05, 4.69) is 9.84 Å². The molecule has 2 unspecified atom stereocenters. The zero-order valence-corrected chi connectivity index (χ0v) is 14.0. The van der Waals surface area contributed by atoms with Crippen molar-refractivity contribution in [1.29, 1.82) is 0 Å². The van der Waals surface area contributed by atoms with Gasteiger partial charge in [0.25, 0.3) is 0 Å². The van der Waals surface area contributed by atoms with Gasteiger partial charge in [0.1, 0.15) is 11.8 Å². The van der Waals surface area contributed by atoms with Crippen LogP contribution in [0, 0.1) is 5.82 Å². The molecule has 0 N–H and O–H groups in total. The maximum absolute atomic E-state index is 13.1. The van der Waals surface area contributed by atoms with Crippen LogP contribution >= 0.6 is 0 Å². The molecule has 136 valence electrons. The van der Waals surface area contributed by atoms with E-state index in [0.29, 0.717) is 12.0 Å². The Hall–Kier alpha value is -2.38. The van der Waals surface area contributed by atoms with Gasteiger partial charge in [0.05, 0.1) is 12.4 Å². The van der Waals surface area contributed by atoms with Gasteiger partial charge in [-0.1, -0.05) is 13.8 Å². The van der Waals surface area contributed by atoms with E-state index in [-0.39, 0.29) is 23.0 Å². The van der Waals surface area contributed by atoms with Crippen LogP contribution in [0.4, 0.5) is 17.6 Å². The standard InChI is InChI=1S/C17H18F4N2O2/c1-4-10(2)14-7-12(5-6-15(14)25-17(19,20)21)16(24)11(3)23-9-13(18)8-22-23/h5-11H,4H2,1-3H3. The lowest BCUT2D eigenvalue weighted by Crippen LogP contribution is -2.20. The summed E-state index contributed by atoms with van der Waals surface area (Å²) >= 11 is 0. The molecule has 4 nitrogen and oxygen atoms in total. The minimum atomic E-state index is -4.81. The molecule has 0 saturated carbocycles. The number of ether oxygens (including phenoxy) is 1. The molecule has 0 spiro atoms. The average molecular weight is 358 g/mol. The quantitative estimate of drug-likeness (QED) is 0.546. The topological polar surface area (TPSA) is 44.1 Å². The smallest absolute Gasteiger partial charge is 0.405 e. The molecule has 0 fully saturated rings. The summed E-state index contributed by atoms with van der Waals surface area (Å²) in [5.41, 5.74) is 0.512. The molecule has 0 saturated heterocycles. The van der Waals surface area contributed by atoms with Gasteiger partial charge in [0, 0.05) is 5.56 Å². The first-order valence-corrected chi connectivity index (χ1v) is 7.76. The first kappa shape index (κ1) is 19.0. The Morgan fingerprint density at radius 1 is 1.32 bits per heavy atom. The van der Waals surface area contributed by atoms with Gasteiger partial charge >= 0.3 is 6.36 Å². The van der Waals surface area contributed by atoms with Crippen LogP contribution in [0.3, 0.4) is 0 Å². The van der Waals surface area contributed by atoms with E-state index in [1.807, 2.05) is 6.92 Å². The van der Waals surface area contributed by atoms with Crippen LogP contribution in [0.25, 0.3) is 0 Å². The number of Topliss-reactive ketones (excluding diaryl/α,β-unsaturated/α-hetero) is 1. The maximum Gasteiger partial charge on any atom is 0.573 e. The molecule has 2 atom stereocenters. The first-order chi connectivity index (χ1) is 11.6. The SMILES string of the molecule is CCC(C)c1cc(C(=O)C(C)n2cc(F)cn2)ccc1OC(F)(F)F. The van der Waals surface area contributed by atoms with Crippen LogP contribution in [0.1, 0.15) is 55.1 Å². The van der Waals surface area contributed by atoms with Crippen molar-refractivity contribution >= 4 is 5.78 Å². The number of benzene rings is 1. The van der Waals surface area contributed by atoms with Gasteiger partial charge in [-0.3, -0.25) is 9.48 Å². The zero-order valence-electron chi connectivity index (χ0n) is 14.0. The van der Waals surface area contributed by atoms with E-state index in [1.165, 1.54) is 23.7 Å². The van der Waals surface area contributed by atoms with Gasteiger partial charge in [-0.15, -0.1) is 13.2 Å². The van der Waals surface area contributed by atoms with Crippen molar-refractivity contribution in [2.45, 2.75) is 45.5 Å². The molecule has 0 radical (unpaired) electrons. The summed E-state index contributed by atoms with van der Waals surface area (Å²) in [7, 11) is 0. The molecule has 0 aliphatic carbocycles. The third-order valence-corrected chi connectivity index (χ3v) is 4.01. The fourth-order valence-corrected chi connectivity index (χ4v) is 2.41. The van der Waals surface area contributed by atoms with E-state index in [0.717, 1.165) is 18.5 Å². The van der Waals surface area contributed by atoms with Crippen molar-refractivity contribution in [2.75, 3.05) is 0 Å². The Kier molecular flexibility index (Phi) is 5.49. The van der Waals surface area contributed by atoms with Gasteiger partial charge in [-0.2, -0.15) is 5.10 Å². The van der Waals surface area contributed by atoms with E-state index in [9.17, 15) is 22.4 Å². The minimum absolute atomic E-state index is 0.216. The second-order valence-corrected chi connectivity index (χ2v) is 5.79. The van der Waals surface area contributed by atoms with E-state index in [4.69, 9.17) is 0 Å². The molecule has 2 aromatic rings. The fourth-order valence-electron chi connectivity index (χ4n) is 2.41. The number of ketones is 1. The highest BCUT2D eigenvalue weighted by molar-refractivity contribution is 5.99. The molecule has 0 aliphatic rings. The van der Waals surface area contributed by atoms with Crippen molar-refractivity contribution in [3.63, 3.8) is 0 Å². The van der Waals surface area contributed by atoms with Crippen LogP contribution in [0.2, 0.25) is 0 Å². The lowest BCUT2D eigenvalue weighted by molar-refractivity contribution is -0.275. The van der Waals surface area contributed by atoms with Gasteiger partial charge in [0.2, 0.25) is 0 Å². The number of nitrogens with zero attached hydrogens (tertiary/aromatic N) is 2. The number of hydrogen-bond donors (Lipinski definition) is 0. The average Bonchev–Trinajstić information content (AvgIpc) is 2.98. The van der Waals surface area contributed by atoms with E-state index in [1.54, 1.807) is 6.92 Å². The number of rotatable bonds is 6. The van der Waals surface area contributed by atoms with Gasteiger partial charge in [-0.25, -0.2) is 4.39 Å². The van der Waals surface area contributed by atoms with E-state index < -0.39 is 18.2 Å². The molecule has 2 rings (SSSR count). The normalized spacial score (nSPS) is 14.2. The number of hydrogen-bond acceptors (Lipinski definition) is 3. The first-order valence-electron chi connectivity index (χ1n) is 7.76. The minimum Gasteiger partial charge on any atom is -0.405 e. The summed E-state index contributed by atoms with van der Waals surface area (Å²) in [6, 6.07) is 3.02. The van der Waals surface area contributed by atoms with E-state index >= 15 is 0 Å². The zero-order chi connectivity index (χ0) is 18.8. The summed E-state index contributed by atoms with van der Waals surface area (Å²) in [5.74, 6) is -1.51. The number of carbonyl (C=O) groups is 1. The van der Waals surface area contributed by atoms with Crippen molar-refractivity contribution < 1.29 is 27.1 Å². The predicted octanol–water partition coefficient (Wildman–Crippen LogP) is 4.88.